The van der Waals surface area contributed by atoms with Gasteiger partial charge in [0, 0.05) is 42.3 Å². The third-order valence-corrected chi connectivity index (χ3v) is 6.28. The van der Waals surface area contributed by atoms with E-state index in [9.17, 15) is 18.0 Å². The van der Waals surface area contributed by atoms with Crippen LogP contribution < -0.4 is 11.1 Å². The molecule has 13 heteroatoms. The van der Waals surface area contributed by atoms with Gasteiger partial charge in [0.2, 0.25) is 0 Å². The van der Waals surface area contributed by atoms with E-state index in [1.165, 1.54) is 27.6 Å². The normalized spacial score (nSPS) is 16.9. The number of nitrogens with one attached hydrogen (secondary N) is 1. The number of hydrogen-bond donors (Lipinski definition) is 2. The zero-order chi connectivity index (χ0) is 25.6. The van der Waals surface area contributed by atoms with E-state index in [4.69, 9.17) is 5.73 Å². The fourth-order valence-corrected chi connectivity index (χ4v) is 4.63. The first kappa shape index (κ1) is 29.6. The molecule has 0 spiro atoms. The molecule has 3 N–H and O–H groups in total. The van der Waals surface area contributed by atoms with Crippen LogP contribution in [0.5, 0.6) is 0 Å². The number of hydrogen-bond acceptors (Lipinski definition) is 6. The topological polar surface area (TPSA) is 101 Å². The summed E-state index contributed by atoms with van der Waals surface area (Å²) in [6.07, 6.45) is -2.53. The molecule has 0 saturated carbocycles. The molecule has 1 aliphatic rings. The maximum Gasteiger partial charge on any atom is 0.408 e. The van der Waals surface area contributed by atoms with E-state index in [1.807, 2.05) is 19.9 Å². The molecule has 2 atom stereocenters. The summed E-state index contributed by atoms with van der Waals surface area (Å²) in [5.74, 6) is 0.0985. The van der Waals surface area contributed by atoms with Crippen LogP contribution in [0.4, 0.5) is 13.2 Å². The number of nitrogens with two attached hydrogens (primary N) is 1. The van der Waals surface area contributed by atoms with E-state index >= 15 is 0 Å². The maximum atomic E-state index is 14.1. The van der Waals surface area contributed by atoms with Crippen molar-refractivity contribution in [3.8, 4) is 11.5 Å². The van der Waals surface area contributed by atoms with Crippen LogP contribution in [-0.2, 0) is 0 Å². The number of amides is 1. The van der Waals surface area contributed by atoms with E-state index in [0.29, 0.717) is 34.7 Å². The Balaban J connectivity index is 0.00000200. The summed E-state index contributed by atoms with van der Waals surface area (Å²) in [4.78, 5) is 18.4. The molecule has 0 bridgehead atoms. The lowest BCUT2D eigenvalue weighted by molar-refractivity contribution is -0.183. The number of carbonyl (C=O) groups excluding carboxylic acids is 1. The highest BCUT2D eigenvalue weighted by atomic mass is 35.5. The van der Waals surface area contributed by atoms with E-state index in [0.717, 1.165) is 5.39 Å². The van der Waals surface area contributed by atoms with Crippen molar-refractivity contribution in [2.45, 2.75) is 44.6 Å². The summed E-state index contributed by atoms with van der Waals surface area (Å²) < 4.78 is 43.9. The maximum absolute atomic E-state index is 14.1. The lowest BCUT2D eigenvalue weighted by Crippen LogP contribution is -2.38. The summed E-state index contributed by atoms with van der Waals surface area (Å²) in [5.41, 5.74) is 7.83. The van der Waals surface area contributed by atoms with Gasteiger partial charge in [-0.1, -0.05) is 18.2 Å². The lowest BCUT2D eigenvalue weighted by atomic mass is 10.1. The molecule has 8 nitrogen and oxygen atoms in total. The Labute approximate surface area is 229 Å². The van der Waals surface area contributed by atoms with Gasteiger partial charge in [0.25, 0.3) is 5.91 Å². The van der Waals surface area contributed by atoms with E-state index in [1.54, 1.807) is 24.3 Å². The molecule has 5 rings (SSSR count). The molecule has 1 aromatic carbocycles. The zero-order valence-electron chi connectivity index (χ0n) is 20.6. The van der Waals surface area contributed by atoms with Crippen LogP contribution in [-0.4, -0.2) is 61.7 Å². The number of fused-ring (bicyclic) bond motifs is 2. The molecule has 3 aromatic heterocycles. The highest BCUT2D eigenvalue weighted by molar-refractivity contribution is 5.98. The molecule has 4 heterocycles. The van der Waals surface area contributed by atoms with E-state index in [-0.39, 0.29) is 61.5 Å². The van der Waals surface area contributed by atoms with Crippen molar-refractivity contribution < 1.29 is 18.0 Å². The van der Waals surface area contributed by atoms with Gasteiger partial charge in [-0.05, 0) is 50.1 Å². The zero-order valence-corrected chi connectivity index (χ0v) is 22.3. The fourth-order valence-electron chi connectivity index (χ4n) is 4.63. The first-order valence-electron chi connectivity index (χ1n) is 11.7. The first-order chi connectivity index (χ1) is 17.1. The third kappa shape index (κ3) is 5.85. The summed E-state index contributed by atoms with van der Waals surface area (Å²) in [5, 5.41) is 12.0. The van der Waals surface area contributed by atoms with Crippen LogP contribution in [0.3, 0.4) is 0 Å². The highest BCUT2D eigenvalue weighted by Gasteiger charge is 2.46. The minimum absolute atomic E-state index is 0. The first-order valence-corrected chi connectivity index (χ1v) is 11.7. The van der Waals surface area contributed by atoms with Gasteiger partial charge in [0.15, 0.2) is 11.5 Å². The largest absolute Gasteiger partial charge is 0.408 e. The Morgan fingerprint density at radius 1 is 1.11 bits per heavy atom. The van der Waals surface area contributed by atoms with Crippen LogP contribution >= 0.6 is 24.8 Å². The van der Waals surface area contributed by atoms with Crippen LogP contribution in [0.15, 0.2) is 48.7 Å². The van der Waals surface area contributed by atoms with Crippen LogP contribution in [0.2, 0.25) is 0 Å². The van der Waals surface area contributed by atoms with Crippen LogP contribution in [0.25, 0.3) is 28.1 Å². The van der Waals surface area contributed by atoms with Crippen molar-refractivity contribution in [3.63, 3.8) is 0 Å². The monoisotopic (exact) mass is 569 g/mol. The predicted octanol–water partition coefficient (Wildman–Crippen LogP) is 4.56. The Kier molecular flexibility index (Phi) is 8.87. The molecule has 1 amide bonds. The van der Waals surface area contributed by atoms with Crippen molar-refractivity contribution in [2.75, 3.05) is 13.1 Å². The molecular formula is C25H28Cl2F3N7O. The van der Waals surface area contributed by atoms with Crippen molar-refractivity contribution in [1.29, 1.82) is 0 Å². The Morgan fingerprint density at radius 3 is 2.50 bits per heavy atom. The summed E-state index contributed by atoms with van der Waals surface area (Å²) in [6, 6.07) is 9.66. The summed E-state index contributed by atoms with van der Waals surface area (Å²) in [7, 11) is 0. The number of nitrogens with zero attached hydrogens (tertiary/aromatic N) is 5. The second kappa shape index (κ2) is 11.4. The fraction of sp³-hybridized carbons (Fsp3) is 0.360. The van der Waals surface area contributed by atoms with Gasteiger partial charge >= 0.3 is 6.18 Å². The van der Waals surface area contributed by atoms with Crippen molar-refractivity contribution in [2.24, 2.45) is 5.73 Å². The molecule has 1 aliphatic heterocycles. The van der Waals surface area contributed by atoms with Crippen molar-refractivity contribution >= 4 is 47.3 Å². The molecule has 1 unspecified atom stereocenters. The minimum Gasteiger partial charge on any atom is -0.350 e. The average molecular weight is 570 g/mol. The number of benzene rings is 1. The van der Waals surface area contributed by atoms with Gasteiger partial charge in [-0.2, -0.15) is 13.2 Å². The summed E-state index contributed by atoms with van der Waals surface area (Å²) in [6.45, 7) is 4.20. The second-order valence-corrected chi connectivity index (χ2v) is 9.43. The van der Waals surface area contributed by atoms with Gasteiger partial charge in [-0.15, -0.1) is 35.0 Å². The summed E-state index contributed by atoms with van der Waals surface area (Å²) >= 11 is 0. The van der Waals surface area contributed by atoms with Crippen molar-refractivity contribution in [1.82, 2.24) is 29.8 Å². The molecule has 0 radical (unpaired) electrons. The van der Waals surface area contributed by atoms with Crippen molar-refractivity contribution in [3.05, 3.63) is 59.8 Å². The standard InChI is InChI=1S/C25H26F3N7O.2ClH/c1-14(2)30-24(36)16-4-3-15-5-7-19(31-20(15)11-16)23-33-32-21-8-6-17(12-35(21)23)22(25(26,27)28)34-10-9-18(29)13-34;;/h3-8,11-12,14,18,22H,9-10,13,29H2,1-2H3,(H,30,36);2*1H/t18?,22-;;/m0../s1. The SMILES string of the molecule is CC(C)NC(=O)c1ccc2ccc(-c3nnc4ccc([C@H](N5CCC(N)C5)C(F)(F)F)cn34)nc2c1.Cl.Cl. The van der Waals surface area contributed by atoms with E-state index < -0.39 is 12.2 Å². The molecule has 204 valence electrons. The predicted molar refractivity (Wildman–Crippen MR) is 144 cm³/mol. The number of aromatic nitrogens is 4. The smallest absolute Gasteiger partial charge is 0.350 e. The average Bonchev–Trinajstić information content (AvgIpc) is 3.43. The highest BCUT2D eigenvalue weighted by Crippen LogP contribution is 2.39. The Hall–Kier alpha value is -2.99. The van der Waals surface area contributed by atoms with Crippen LogP contribution in [0, 0.1) is 0 Å². The number of alkyl halides is 3. The molecular weight excluding hydrogens is 542 g/mol. The Morgan fingerprint density at radius 2 is 1.84 bits per heavy atom. The number of halogens is 5. The van der Waals surface area contributed by atoms with Gasteiger partial charge in [-0.25, -0.2) is 4.98 Å². The lowest BCUT2D eigenvalue weighted by Gasteiger charge is -2.30. The minimum atomic E-state index is -4.47. The van der Waals surface area contributed by atoms with Gasteiger partial charge in [0.05, 0.1) is 5.52 Å². The number of rotatable bonds is 5. The van der Waals surface area contributed by atoms with Gasteiger partial charge in [0.1, 0.15) is 11.7 Å². The van der Waals surface area contributed by atoms with E-state index in [2.05, 4.69) is 20.5 Å². The molecule has 0 aliphatic carbocycles. The number of carbonyl (C=O) groups is 1. The number of pyridine rings is 2. The molecule has 38 heavy (non-hydrogen) atoms. The molecule has 4 aromatic rings. The molecule has 1 fully saturated rings. The second-order valence-electron chi connectivity index (χ2n) is 9.43. The third-order valence-electron chi connectivity index (χ3n) is 6.28. The quantitative estimate of drug-likeness (QED) is 0.365. The van der Waals surface area contributed by atoms with Crippen LogP contribution in [0.1, 0.15) is 42.2 Å². The van der Waals surface area contributed by atoms with Gasteiger partial charge in [-0.3, -0.25) is 14.1 Å². The number of likely N-dealkylation sites (tertiary alicyclic amines) is 1. The Bertz CT molecular complexity index is 1440. The molecule has 1 saturated heterocycles. The van der Waals surface area contributed by atoms with Gasteiger partial charge < -0.3 is 11.1 Å².